The first kappa shape index (κ1) is 23.9. The maximum atomic E-state index is 12.2. The third-order valence-electron chi connectivity index (χ3n) is 4.43. The molecule has 3 aromatic carbocycles. The van der Waals surface area contributed by atoms with Crippen LogP contribution in [0.4, 0.5) is 5.69 Å². The standard InChI is InChI=1S/C25H21N3O6/c1-18(33-23-10-6-5-9-22(23)28(31)32)25(30)27-26-17-20-11-14-21(15-12-20)34-24(29)16-13-19-7-3-2-4-8-19/h2-18H,1H3,(H,27,30)/b16-13+,26-17-/t18-/m1/s1. The lowest BCUT2D eigenvalue weighted by Gasteiger charge is -2.12. The largest absolute Gasteiger partial charge is 0.474 e. The zero-order valence-corrected chi connectivity index (χ0v) is 18.2. The molecule has 9 heteroatoms. The average Bonchev–Trinajstić information content (AvgIpc) is 2.84. The van der Waals surface area contributed by atoms with Crippen LogP contribution in [0.25, 0.3) is 6.08 Å². The van der Waals surface area contributed by atoms with Gasteiger partial charge in [0.1, 0.15) is 5.75 Å². The lowest BCUT2D eigenvalue weighted by Crippen LogP contribution is -2.33. The van der Waals surface area contributed by atoms with E-state index in [9.17, 15) is 19.7 Å². The number of carbonyl (C=O) groups excluding carboxylic acids is 2. The lowest BCUT2D eigenvalue weighted by atomic mass is 10.2. The van der Waals surface area contributed by atoms with E-state index in [1.165, 1.54) is 37.4 Å². The Hall–Kier alpha value is -4.79. The molecule has 0 unspecified atom stereocenters. The lowest BCUT2D eigenvalue weighted by molar-refractivity contribution is -0.386. The number of benzene rings is 3. The molecule has 0 aliphatic rings. The molecule has 0 aliphatic heterocycles. The highest BCUT2D eigenvalue weighted by Crippen LogP contribution is 2.26. The van der Waals surface area contributed by atoms with Crippen molar-refractivity contribution >= 4 is 29.9 Å². The Labute approximate surface area is 195 Å². The molecule has 1 amide bonds. The minimum absolute atomic E-state index is 0.0112. The molecule has 1 atom stereocenters. The van der Waals surface area contributed by atoms with Gasteiger partial charge in [0.15, 0.2) is 11.9 Å². The third-order valence-corrected chi connectivity index (χ3v) is 4.43. The van der Waals surface area contributed by atoms with Crippen LogP contribution in [0.3, 0.4) is 0 Å². The SMILES string of the molecule is C[C@@H](Oc1ccccc1[N+](=O)[O-])C(=O)N/N=C\c1ccc(OC(=O)/C=C/c2ccccc2)cc1. The zero-order chi connectivity index (χ0) is 24.3. The molecule has 172 valence electrons. The minimum Gasteiger partial charge on any atom is -0.474 e. The second kappa shape index (κ2) is 11.7. The van der Waals surface area contributed by atoms with Gasteiger partial charge >= 0.3 is 11.7 Å². The van der Waals surface area contributed by atoms with E-state index in [1.807, 2.05) is 30.3 Å². The number of hydrazone groups is 1. The van der Waals surface area contributed by atoms with E-state index >= 15 is 0 Å². The van der Waals surface area contributed by atoms with Crippen LogP contribution < -0.4 is 14.9 Å². The molecule has 0 saturated carbocycles. The minimum atomic E-state index is -1.01. The summed E-state index contributed by atoms with van der Waals surface area (Å²) in [5.74, 6) is -0.742. The van der Waals surface area contributed by atoms with Crippen LogP contribution in [0.1, 0.15) is 18.1 Å². The molecule has 0 aromatic heterocycles. The van der Waals surface area contributed by atoms with Crippen molar-refractivity contribution in [3.05, 3.63) is 106 Å². The molecule has 0 radical (unpaired) electrons. The van der Waals surface area contributed by atoms with Gasteiger partial charge in [0.05, 0.1) is 11.1 Å². The molecule has 3 aromatic rings. The van der Waals surface area contributed by atoms with Crippen molar-refractivity contribution in [2.45, 2.75) is 13.0 Å². The smallest absolute Gasteiger partial charge is 0.336 e. The highest BCUT2D eigenvalue weighted by atomic mass is 16.6. The Morgan fingerprint density at radius 3 is 2.35 bits per heavy atom. The number of ether oxygens (including phenoxy) is 2. The number of nitro benzene ring substituents is 1. The number of para-hydroxylation sites is 2. The number of hydrogen-bond donors (Lipinski definition) is 1. The van der Waals surface area contributed by atoms with Gasteiger partial charge in [0, 0.05) is 12.1 Å². The maximum absolute atomic E-state index is 12.2. The van der Waals surface area contributed by atoms with Crippen molar-refractivity contribution in [2.75, 3.05) is 0 Å². The van der Waals surface area contributed by atoms with Gasteiger partial charge in [-0.05, 0) is 54.5 Å². The molecule has 34 heavy (non-hydrogen) atoms. The van der Waals surface area contributed by atoms with Crippen molar-refractivity contribution in [3.8, 4) is 11.5 Å². The fourth-order valence-electron chi connectivity index (χ4n) is 2.71. The van der Waals surface area contributed by atoms with E-state index in [-0.39, 0.29) is 11.4 Å². The molecule has 0 bridgehead atoms. The van der Waals surface area contributed by atoms with Gasteiger partial charge < -0.3 is 9.47 Å². The van der Waals surface area contributed by atoms with E-state index in [4.69, 9.17) is 9.47 Å². The van der Waals surface area contributed by atoms with Crippen molar-refractivity contribution in [3.63, 3.8) is 0 Å². The second-order valence-corrected chi connectivity index (χ2v) is 6.95. The Morgan fingerprint density at radius 1 is 0.971 bits per heavy atom. The van der Waals surface area contributed by atoms with Crippen LogP contribution in [0.5, 0.6) is 11.5 Å². The number of carbonyl (C=O) groups is 2. The summed E-state index contributed by atoms with van der Waals surface area (Å²) in [5.41, 5.74) is 3.62. The summed E-state index contributed by atoms with van der Waals surface area (Å²) in [4.78, 5) is 34.6. The monoisotopic (exact) mass is 459 g/mol. The van der Waals surface area contributed by atoms with E-state index < -0.39 is 22.9 Å². The van der Waals surface area contributed by atoms with E-state index in [1.54, 1.807) is 36.4 Å². The fraction of sp³-hybridized carbons (Fsp3) is 0.0800. The quantitative estimate of drug-likeness (QED) is 0.128. The van der Waals surface area contributed by atoms with E-state index in [0.717, 1.165) is 5.56 Å². The van der Waals surface area contributed by atoms with Gasteiger partial charge in [0.2, 0.25) is 0 Å². The molecule has 0 heterocycles. The first-order valence-corrected chi connectivity index (χ1v) is 10.2. The summed E-state index contributed by atoms with van der Waals surface area (Å²) >= 11 is 0. The Balaban J connectivity index is 1.49. The van der Waals surface area contributed by atoms with Gasteiger partial charge in [-0.2, -0.15) is 5.10 Å². The Kier molecular flexibility index (Phi) is 8.23. The van der Waals surface area contributed by atoms with Crippen LogP contribution in [-0.4, -0.2) is 29.1 Å². The predicted molar refractivity (Wildman–Crippen MR) is 126 cm³/mol. The van der Waals surface area contributed by atoms with Gasteiger partial charge in [-0.1, -0.05) is 42.5 Å². The number of amides is 1. The molecule has 9 nitrogen and oxygen atoms in total. The summed E-state index contributed by atoms with van der Waals surface area (Å²) in [6, 6.07) is 21.7. The summed E-state index contributed by atoms with van der Waals surface area (Å²) in [5, 5.41) is 14.9. The predicted octanol–water partition coefficient (Wildman–Crippen LogP) is 4.13. The number of nitro groups is 1. The highest BCUT2D eigenvalue weighted by molar-refractivity contribution is 5.89. The van der Waals surface area contributed by atoms with Crippen molar-refractivity contribution < 1.29 is 24.0 Å². The topological polar surface area (TPSA) is 120 Å². The van der Waals surface area contributed by atoms with Crippen molar-refractivity contribution in [2.24, 2.45) is 5.10 Å². The summed E-state index contributed by atoms with van der Waals surface area (Å²) < 4.78 is 10.6. The van der Waals surface area contributed by atoms with Crippen LogP contribution in [0.15, 0.2) is 90.0 Å². The highest BCUT2D eigenvalue weighted by Gasteiger charge is 2.20. The first-order chi connectivity index (χ1) is 16.4. The average molecular weight is 459 g/mol. The molecule has 0 spiro atoms. The fourth-order valence-corrected chi connectivity index (χ4v) is 2.71. The zero-order valence-electron chi connectivity index (χ0n) is 18.2. The molecule has 0 fully saturated rings. The summed E-state index contributed by atoms with van der Waals surface area (Å²) in [6.07, 6.45) is 3.39. The van der Waals surface area contributed by atoms with Gasteiger partial charge in [-0.25, -0.2) is 10.2 Å². The van der Waals surface area contributed by atoms with E-state index in [0.29, 0.717) is 11.3 Å². The molecule has 0 aliphatic carbocycles. The van der Waals surface area contributed by atoms with Gasteiger partial charge in [0.25, 0.3) is 5.91 Å². The van der Waals surface area contributed by atoms with Gasteiger partial charge in [-0.15, -0.1) is 0 Å². The summed E-state index contributed by atoms with van der Waals surface area (Å²) in [6.45, 7) is 1.46. The second-order valence-electron chi connectivity index (χ2n) is 6.95. The number of esters is 1. The van der Waals surface area contributed by atoms with Crippen LogP contribution >= 0.6 is 0 Å². The van der Waals surface area contributed by atoms with Crippen molar-refractivity contribution in [1.29, 1.82) is 0 Å². The molecular weight excluding hydrogens is 438 g/mol. The Bertz CT molecular complexity index is 1210. The van der Waals surface area contributed by atoms with Crippen LogP contribution in [-0.2, 0) is 9.59 Å². The van der Waals surface area contributed by atoms with Gasteiger partial charge in [-0.3, -0.25) is 14.9 Å². The molecule has 3 rings (SSSR count). The van der Waals surface area contributed by atoms with Crippen LogP contribution in [0.2, 0.25) is 0 Å². The number of rotatable bonds is 9. The molecular formula is C25H21N3O6. The third kappa shape index (κ3) is 7.13. The normalized spacial score (nSPS) is 11.8. The number of hydrogen-bond acceptors (Lipinski definition) is 7. The van der Waals surface area contributed by atoms with E-state index in [2.05, 4.69) is 10.5 Å². The van der Waals surface area contributed by atoms with Crippen LogP contribution in [0, 0.1) is 10.1 Å². The maximum Gasteiger partial charge on any atom is 0.336 e. The summed E-state index contributed by atoms with van der Waals surface area (Å²) in [7, 11) is 0. The molecule has 1 N–H and O–H groups in total. The van der Waals surface area contributed by atoms with Crippen molar-refractivity contribution in [1.82, 2.24) is 5.43 Å². The number of nitrogens with one attached hydrogen (secondary N) is 1. The Morgan fingerprint density at radius 2 is 1.65 bits per heavy atom. The first-order valence-electron chi connectivity index (χ1n) is 10.2. The number of nitrogens with zero attached hydrogens (tertiary/aromatic N) is 2. The molecule has 0 saturated heterocycles.